The standard InChI is InChI=1S/C41H78NO8P/c1-3-5-7-9-11-13-15-17-19-21-23-25-27-29-31-33-40(43)47-37-39(38-49-51(45,46)48-36-35-42)50-41(44)34-32-30-28-26-24-22-20-18-16-14-12-10-8-6-4-2/h10,12,21,23,39H,3-9,11,13-20,22,24-38,42H2,1-2H3,(H,45,46)/b12-10+,23-21+/t39-/m1/s1. The molecule has 0 aromatic carbocycles. The number of hydrogen-bond donors (Lipinski definition) is 2. The highest BCUT2D eigenvalue weighted by atomic mass is 31.2. The third-order valence-corrected chi connectivity index (χ3v) is 9.79. The molecule has 0 amide bonds. The number of rotatable bonds is 39. The molecule has 9 nitrogen and oxygen atoms in total. The lowest BCUT2D eigenvalue weighted by Crippen LogP contribution is -2.29. The predicted molar refractivity (Wildman–Crippen MR) is 211 cm³/mol. The molecule has 0 aromatic rings. The Kier molecular flexibility index (Phi) is 37.1. The molecule has 0 rings (SSSR count). The van der Waals surface area contributed by atoms with Crippen molar-refractivity contribution in [2.75, 3.05) is 26.4 Å². The molecule has 3 N–H and O–H groups in total. The van der Waals surface area contributed by atoms with Crippen LogP contribution in [0.1, 0.15) is 194 Å². The SMILES string of the molecule is CCCC/C=C/CCCCCCCCCCCC(=O)O[C@H](COC(=O)CCCCC/C=C/CCCCCCCCCC)COP(=O)(O)OCCN. The van der Waals surface area contributed by atoms with Crippen molar-refractivity contribution in [3.8, 4) is 0 Å². The first-order valence-electron chi connectivity index (χ1n) is 20.8. The van der Waals surface area contributed by atoms with Crippen molar-refractivity contribution in [3.63, 3.8) is 0 Å². The second-order valence-electron chi connectivity index (χ2n) is 13.8. The average molecular weight is 744 g/mol. The number of phosphoric acid groups is 1. The van der Waals surface area contributed by atoms with E-state index in [-0.39, 0.29) is 32.6 Å². The number of esters is 2. The number of hydrogen-bond acceptors (Lipinski definition) is 8. The molecule has 0 saturated heterocycles. The summed E-state index contributed by atoms with van der Waals surface area (Å²) in [6.07, 6.45) is 39.2. The Balaban J connectivity index is 4.19. The number of carbonyl (C=O) groups is 2. The number of ether oxygens (including phenoxy) is 2. The molecule has 0 saturated carbocycles. The third kappa shape index (κ3) is 38.0. The molecule has 300 valence electrons. The maximum atomic E-state index is 12.5. The quantitative estimate of drug-likeness (QED) is 0.0273. The summed E-state index contributed by atoms with van der Waals surface area (Å²) in [6.45, 7) is 3.69. The molecule has 51 heavy (non-hydrogen) atoms. The van der Waals surface area contributed by atoms with E-state index in [1.807, 2.05) is 0 Å². The highest BCUT2D eigenvalue weighted by Crippen LogP contribution is 2.43. The molecule has 2 atom stereocenters. The molecule has 0 heterocycles. The van der Waals surface area contributed by atoms with Gasteiger partial charge < -0.3 is 20.1 Å². The summed E-state index contributed by atoms with van der Waals surface area (Å²) in [6, 6.07) is 0. The van der Waals surface area contributed by atoms with Crippen LogP contribution >= 0.6 is 7.82 Å². The number of carbonyl (C=O) groups excluding carboxylic acids is 2. The van der Waals surface area contributed by atoms with E-state index in [1.165, 1.54) is 109 Å². The van der Waals surface area contributed by atoms with Gasteiger partial charge in [0.15, 0.2) is 6.10 Å². The number of unbranched alkanes of at least 4 members (excludes halogenated alkanes) is 22. The maximum Gasteiger partial charge on any atom is 0.472 e. The number of allylic oxidation sites excluding steroid dienone is 4. The smallest absolute Gasteiger partial charge is 0.462 e. The van der Waals surface area contributed by atoms with Gasteiger partial charge in [0, 0.05) is 19.4 Å². The van der Waals surface area contributed by atoms with Gasteiger partial charge in [0.2, 0.25) is 0 Å². The van der Waals surface area contributed by atoms with Crippen molar-refractivity contribution >= 4 is 19.8 Å². The fourth-order valence-corrected chi connectivity index (χ4v) is 6.43. The Labute approximate surface area is 312 Å². The van der Waals surface area contributed by atoms with Gasteiger partial charge in [0.05, 0.1) is 13.2 Å². The van der Waals surface area contributed by atoms with Crippen molar-refractivity contribution in [2.24, 2.45) is 5.73 Å². The minimum absolute atomic E-state index is 0.0522. The van der Waals surface area contributed by atoms with Crippen LogP contribution in [-0.4, -0.2) is 49.3 Å². The Morgan fingerprint density at radius 2 is 0.980 bits per heavy atom. The Morgan fingerprint density at radius 3 is 1.47 bits per heavy atom. The Hall–Kier alpha value is -1.51. The highest BCUT2D eigenvalue weighted by Gasteiger charge is 2.26. The summed E-state index contributed by atoms with van der Waals surface area (Å²) >= 11 is 0. The zero-order valence-corrected chi connectivity index (χ0v) is 33.7. The lowest BCUT2D eigenvalue weighted by Gasteiger charge is -2.19. The molecule has 0 aromatic heterocycles. The maximum absolute atomic E-state index is 12.5. The van der Waals surface area contributed by atoms with E-state index < -0.39 is 32.5 Å². The Morgan fingerprint density at radius 1 is 0.569 bits per heavy atom. The summed E-state index contributed by atoms with van der Waals surface area (Å²) in [5, 5.41) is 0. The van der Waals surface area contributed by atoms with Crippen LogP contribution in [0.3, 0.4) is 0 Å². The van der Waals surface area contributed by atoms with Crippen LogP contribution in [0, 0.1) is 0 Å². The van der Waals surface area contributed by atoms with Gasteiger partial charge >= 0.3 is 19.8 Å². The minimum Gasteiger partial charge on any atom is -0.462 e. The zero-order chi connectivity index (χ0) is 37.5. The minimum atomic E-state index is -4.37. The van der Waals surface area contributed by atoms with Gasteiger partial charge in [-0.05, 0) is 57.8 Å². The lowest BCUT2D eigenvalue weighted by molar-refractivity contribution is -0.161. The first-order valence-corrected chi connectivity index (χ1v) is 22.3. The first kappa shape index (κ1) is 49.5. The van der Waals surface area contributed by atoms with Gasteiger partial charge in [-0.2, -0.15) is 0 Å². The molecule has 0 aliphatic heterocycles. The first-order chi connectivity index (χ1) is 24.8. The van der Waals surface area contributed by atoms with Crippen molar-refractivity contribution in [1.82, 2.24) is 0 Å². The topological polar surface area (TPSA) is 134 Å². The van der Waals surface area contributed by atoms with Gasteiger partial charge in [0.1, 0.15) is 6.61 Å². The van der Waals surface area contributed by atoms with E-state index in [4.69, 9.17) is 24.3 Å². The molecule has 1 unspecified atom stereocenters. The van der Waals surface area contributed by atoms with Crippen molar-refractivity contribution in [2.45, 2.75) is 200 Å². The molecule has 0 aliphatic carbocycles. The van der Waals surface area contributed by atoms with Crippen molar-refractivity contribution < 1.29 is 37.6 Å². The average Bonchev–Trinajstić information content (AvgIpc) is 3.11. The molecule has 10 heteroatoms. The summed E-state index contributed by atoms with van der Waals surface area (Å²) < 4.78 is 32.7. The van der Waals surface area contributed by atoms with E-state index in [9.17, 15) is 19.0 Å². The summed E-state index contributed by atoms with van der Waals surface area (Å²) in [4.78, 5) is 34.8. The van der Waals surface area contributed by atoms with E-state index in [0.29, 0.717) is 12.8 Å². The molecule has 0 radical (unpaired) electrons. The Bertz CT molecular complexity index is 897. The van der Waals surface area contributed by atoms with Crippen LogP contribution in [0.2, 0.25) is 0 Å². The summed E-state index contributed by atoms with van der Waals surface area (Å²) in [5.41, 5.74) is 5.34. The zero-order valence-electron chi connectivity index (χ0n) is 32.8. The lowest BCUT2D eigenvalue weighted by atomic mass is 10.1. The summed E-state index contributed by atoms with van der Waals surface area (Å²) in [7, 11) is -4.37. The normalized spacial score (nSPS) is 13.6. The van der Waals surface area contributed by atoms with Crippen LogP contribution in [0.25, 0.3) is 0 Å². The molecule has 0 bridgehead atoms. The fraction of sp³-hybridized carbons (Fsp3) is 0.854. The monoisotopic (exact) mass is 744 g/mol. The second-order valence-corrected chi connectivity index (χ2v) is 15.3. The van der Waals surface area contributed by atoms with Crippen LogP contribution in [0.15, 0.2) is 24.3 Å². The van der Waals surface area contributed by atoms with E-state index >= 15 is 0 Å². The van der Waals surface area contributed by atoms with Crippen LogP contribution in [0.5, 0.6) is 0 Å². The molecular weight excluding hydrogens is 665 g/mol. The van der Waals surface area contributed by atoms with Crippen molar-refractivity contribution in [3.05, 3.63) is 24.3 Å². The van der Waals surface area contributed by atoms with E-state index in [0.717, 1.165) is 44.9 Å². The van der Waals surface area contributed by atoms with E-state index in [2.05, 4.69) is 38.2 Å². The predicted octanol–water partition coefficient (Wildman–Crippen LogP) is 11.6. The van der Waals surface area contributed by atoms with Gasteiger partial charge in [-0.15, -0.1) is 0 Å². The van der Waals surface area contributed by atoms with Crippen molar-refractivity contribution in [1.29, 1.82) is 0 Å². The van der Waals surface area contributed by atoms with Gasteiger partial charge in [-0.25, -0.2) is 4.57 Å². The number of nitrogens with two attached hydrogens (primary N) is 1. The number of phosphoric ester groups is 1. The second kappa shape index (κ2) is 38.2. The van der Waals surface area contributed by atoms with Gasteiger partial charge in [-0.1, -0.05) is 147 Å². The van der Waals surface area contributed by atoms with Gasteiger partial charge in [-0.3, -0.25) is 18.6 Å². The van der Waals surface area contributed by atoms with Crippen LogP contribution in [0.4, 0.5) is 0 Å². The fourth-order valence-electron chi connectivity index (χ4n) is 5.67. The molecule has 0 aliphatic rings. The highest BCUT2D eigenvalue weighted by molar-refractivity contribution is 7.47. The third-order valence-electron chi connectivity index (χ3n) is 8.81. The summed E-state index contributed by atoms with van der Waals surface area (Å²) in [5.74, 6) is -0.846. The molecule has 0 spiro atoms. The molecule has 0 fully saturated rings. The van der Waals surface area contributed by atoms with Crippen LogP contribution < -0.4 is 5.73 Å². The molecular formula is C41H78NO8P. The van der Waals surface area contributed by atoms with Crippen LogP contribution in [-0.2, 0) is 32.7 Å². The van der Waals surface area contributed by atoms with Gasteiger partial charge in [0.25, 0.3) is 0 Å². The largest absolute Gasteiger partial charge is 0.472 e. The van der Waals surface area contributed by atoms with E-state index in [1.54, 1.807) is 0 Å².